The molecule has 1 atom stereocenters. The molecule has 3 amide bonds. The fourth-order valence-corrected chi connectivity index (χ4v) is 3.89. The fraction of sp³-hybridized carbons (Fsp3) is 0.483. The van der Waals surface area contributed by atoms with Crippen LogP contribution in [0, 0.1) is 13.8 Å². The largest absolute Gasteiger partial charge is 0.497 e. The van der Waals surface area contributed by atoms with Crippen molar-refractivity contribution in [1.82, 2.24) is 10.2 Å². The fourth-order valence-electron chi connectivity index (χ4n) is 3.89. The molecule has 2 aromatic rings. The number of alkyl carbamates (subject to hydrolysis) is 1. The van der Waals surface area contributed by atoms with Gasteiger partial charge < -0.3 is 25.0 Å². The zero-order chi connectivity index (χ0) is 28.0. The predicted molar refractivity (Wildman–Crippen MR) is 146 cm³/mol. The van der Waals surface area contributed by atoms with Gasteiger partial charge in [-0.3, -0.25) is 9.59 Å². The van der Waals surface area contributed by atoms with E-state index in [2.05, 4.69) is 10.6 Å². The van der Waals surface area contributed by atoms with Crippen LogP contribution in [0.25, 0.3) is 0 Å². The Morgan fingerprint density at radius 3 is 2.14 bits per heavy atom. The van der Waals surface area contributed by atoms with Gasteiger partial charge in [-0.2, -0.15) is 0 Å². The molecule has 0 radical (unpaired) electrons. The summed E-state index contributed by atoms with van der Waals surface area (Å²) in [6.45, 7) is 14.6. The standard InChI is InChI=1S/C29H41N3O5/c1-10-29(7,8)32(24(33)18-30-27(35)37-28(4,5)6)25(23-17-19(2)11-12-20(23)3)26(34)31-21-13-15-22(36-9)16-14-21/h11-17,25H,10,18H2,1-9H3,(H,30,35)(H,31,34). The van der Waals surface area contributed by atoms with Crippen LogP contribution in [-0.4, -0.2) is 47.6 Å². The van der Waals surface area contributed by atoms with Gasteiger partial charge in [0.1, 0.15) is 23.9 Å². The molecule has 8 heteroatoms. The zero-order valence-electron chi connectivity index (χ0n) is 23.5. The van der Waals surface area contributed by atoms with Gasteiger partial charge in [-0.25, -0.2) is 4.79 Å². The van der Waals surface area contributed by atoms with E-state index in [-0.39, 0.29) is 12.5 Å². The van der Waals surface area contributed by atoms with E-state index in [1.807, 2.05) is 52.8 Å². The van der Waals surface area contributed by atoms with E-state index in [0.29, 0.717) is 17.9 Å². The SMILES string of the molecule is CCC(C)(C)N(C(=O)CNC(=O)OC(C)(C)C)C(C(=O)Nc1ccc(OC)cc1)c1cc(C)ccc1C. The molecule has 202 valence electrons. The number of ether oxygens (including phenoxy) is 2. The number of benzene rings is 2. The predicted octanol–water partition coefficient (Wildman–Crippen LogP) is 5.53. The summed E-state index contributed by atoms with van der Waals surface area (Å²) in [7, 11) is 1.58. The number of hydrogen-bond acceptors (Lipinski definition) is 5. The summed E-state index contributed by atoms with van der Waals surface area (Å²) in [5.74, 6) is -0.0827. The van der Waals surface area contributed by atoms with Crippen LogP contribution in [-0.2, 0) is 14.3 Å². The number of carbonyl (C=O) groups excluding carboxylic acids is 3. The zero-order valence-corrected chi connectivity index (χ0v) is 23.5. The van der Waals surface area contributed by atoms with Gasteiger partial charge in [0.15, 0.2) is 0 Å². The van der Waals surface area contributed by atoms with Crippen molar-refractivity contribution >= 4 is 23.6 Å². The first-order valence-electron chi connectivity index (χ1n) is 12.5. The quantitative estimate of drug-likeness (QED) is 0.461. The first-order valence-corrected chi connectivity index (χ1v) is 12.5. The number of nitrogens with one attached hydrogen (secondary N) is 2. The lowest BCUT2D eigenvalue weighted by Gasteiger charge is -2.43. The Balaban J connectivity index is 2.51. The van der Waals surface area contributed by atoms with Gasteiger partial charge in [-0.15, -0.1) is 0 Å². The van der Waals surface area contributed by atoms with Crippen LogP contribution in [0.3, 0.4) is 0 Å². The van der Waals surface area contributed by atoms with Crippen molar-refractivity contribution in [1.29, 1.82) is 0 Å². The van der Waals surface area contributed by atoms with Crippen molar-refractivity contribution in [3.8, 4) is 5.75 Å². The van der Waals surface area contributed by atoms with E-state index < -0.39 is 29.2 Å². The van der Waals surface area contributed by atoms with Crippen LogP contribution < -0.4 is 15.4 Å². The number of methoxy groups -OCH3 is 1. The van der Waals surface area contributed by atoms with Gasteiger partial charge in [0.2, 0.25) is 5.91 Å². The maximum absolute atomic E-state index is 13.9. The van der Waals surface area contributed by atoms with E-state index >= 15 is 0 Å². The second kappa shape index (κ2) is 12.1. The summed E-state index contributed by atoms with van der Waals surface area (Å²) in [4.78, 5) is 41.5. The Hall–Kier alpha value is -3.55. The molecule has 2 aromatic carbocycles. The lowest BCUT2D eigenvalue weighted by atomic mass is 9.90. The molecule has 37 heavy (non-hydrogen) atoms. The minimum absolute atomic E-state index is 0.310. The Labute approximate surface area is 220 Å². The first-order chi connectivity index (χ1) is 17.2. The van der Waals surface area contributed by atoms with Gasteiger partial charge in [0.25, 0.3) is 5.91 Å². The minimum Gasteiger partial charge on any atom is -0.497 e. The topological polar surface area (TPSA) is 97.0 Å². The van der Waals surface area contributed by atoms with Crippen LogP contribution in [0.5, 0.6) is 5.75 Å². The van der Waals surface area contributed by atoms with Crippen molar-refractivity contribution in [3.63, 3.8) is 0 Å². The van der Waals surface area contributed by atoms with Crippen LogP contribution in [0.15, 0.2) is 42.5 Å². The molecule has 0 aliphatic carbocycles. The summed E-state index contributed by atoms with van der Waals surface area (Å²) in [5, 5.41) is 5.52. The molecular weight excluding hydrogens is 470 g/mol. The van der Waals surface area contributed by atoms with Crippen molar-refractivity contribution in [2.45, 2.75) is 79.0 Å². The van der Waals surface area contributed by atoms with Gasteiger partial charge in [-0.05, 0) is 90.3 Å². The van der Waals surface area contributed by atoms with Crippen LogP contribution in [0.4, 0.5) is 10.5 Å². The molecule has 0 aliphatic rings. The second-order valence-corrected chi connectivity index (χ2v) is 10.8. The van der Waals surface area contributed by atoms with Crippen molar-refractivity contribution in [2.24, 2.45) is 0 Å². The number of aryl methyl sites for hydroxylation is 2. The highest BCUT2D eigenvalue weighted by Gasteiger charge is 2.40. The van der Waals surface area contributed by atoms with Gasteiger partial charge in [0.05, 0.1) is 7.11 Å². The number of anilines is 1. The Kier molecular flexibility index (Phi) is 9.73. The number of amides is 3. The monoisotopic (exact) mass is 511 g/mol. The molecule has 8 nitrogen and oxygen atoms in total. The van der Waals surface area contributed by atoms with Crippen LogP contribution in [0.1, 0.15) is 70.7 Å². The number of nitrogens with zero attached hydrogens (tertiary/aromatic N) is 1. The molecule has 0 spiro atoms. The van der Waals surface area contributed by atoms with Crippen LogP contribution in [0.2, 0.25) is 0 Å². The maximum atomic E-state index is 13.9. The second-order valence-electron chi connectivity index (χ2n) is 10.8. The third kappa shape index (κ3) is 8.23. The molecule has 2 N–H and O–H groups in total. The maximum Gasteiger partial charge on any atom is 0.408 e. The number of carbonyl (C=O) groups is 3. The van der Waals surface area contributed by atoms with Crippen LogP contribution >= 0.6 is 0 Å². The van der Waals surface area contributed by atoms with Gasteiger partial charge in [-0.1, -0.05) is 30.7 Å². The summed E-state index contributed by atoms with van der Waals surface area (Å²) in [6, 6.07) is 11.9. The molecule has 0 bridgehead atoms. The molecule has 0 aromatic heterocycles. The van der Waals surface area contributed by atoms with E-state index in [9.17, 15) is 14.4 Å². The van der Waals surface area contributed by atoms with Gasteiger partial charge in [0, 0.05) is 11.2 Å². The first kappa shape index (κ1) is 29.7. The third-order valence-corrected chi connectivity index (χ3v) is 6.16. The Bertz CT molecular complexity index is 1100. The molecule has 0 fully saturated rings. The highest BCUT2D eigenvalue weighted by molar-refractivity contribution is 5.99. The summed E-state index contributed by atoms with van der Waals surface area (Å²) >= 11 is 0. The summed E-state index contributed by atoms with van der Waals surface area (Å²) in [5.41, 5.74) is 1.74. The van der Waals surface area contributed by atoms with E-state index in [0.717, 1.165) is 16.7 Å². The third-order valence-electron chi connectivity index (χ3n) is 6.16. The summed E-state index contributed by atoms with van der Waals surface area (Å²) in [6.07, 6.45) is -0.108. The molecule has 0 saturated heterocycles. The average molecular weight is 512 g/mol. The lowest BCUT2D eigenvalue weighted by molar-refractivity contribution is -0.145. The van der Waals surface area contributed by atoms with Crippen molar-refractivity contribution in [2.75, 3.05) is 19.0 Å². The molecule has 2 rings (SSSR count). The highest BCUT2D eigenvalue weighted by Crippen LogP contribution is 2.34. The molecule has 0 heterocycles. The number of rotatable bonds is 9. The molecule has 0 aliphatic heterocycles. The summed E-state index contributed by atoms with van der Waals surface area (Å²) < 4.78 is 10.5. The van der Waals surface area contributed by atoms with Gasteiger partial charge >= 0.3 is 6.09 Å². The van der Waals surface area contributed by atoms with E-state index in [4.69, 9.17) is 9.47 Å². The Morgan fingerprint density at radius 2 is 1.59 bits per heavy atom. The van der Waals surface area contributed by atoms with Crippen molar-refractivity contribution in [3.05, 3.63) is 59.2 Å². The number of hydrogen-bond donors (Lipinski definition) is 2. The molecule has 1 unspecified atom stereocenters. The van der Waals surface area contributed by atoms with Crippen molar-refractivity contribution < 1.29 is 23.9 Å². The molecular formula is C29H41N3O5. The average Bonchev–Trinajstić information content (AvgIpc) is 2.81. The Morgan fingerprint density at radius 1 is 0.973 bits per heavy atom. The minimum atomic E-state index is -0.940. The lowest BCUT2D eigenvalue weighted by Crippen LogP contribution is -2.55. The molecule has 0 saturated carbocycles. The smallest absolute Gasteiger partial charge is 0.408 e. The highest BCUT2D eigenvalue weighted by atomic mass is 16.6. The van der Waals surface area contributed by atoms with E-state index in [1.54, 1.807) is 57.0 Å². The normalized spacial score (nSPS) is 12.4. The van der Waals surface area contributed by atoms with E-state index in [1.165, 1.54) is 0 Å².